The van der Waals surface area contributed by atoms with Crippen LogP contribution in [0, 0.1) is 0 Å². The van der Waals surface area contributed by atoms with Gasteiger partial charge in [0.25, 0.3) is 5.91 Å². The molecule has 1 amide bonds. The molecule has 3 aromatic rings. The van der Waals surface area contributed by atoms with Gasteiger partial charge in [-0.05, 0) is 53.0 Å². The first-order valence-corrected chi connectivity index (χ1v) is 13.2. The number of sulfonamides is 1. The van der Waals surface area contributed by atoms with E-state index in [9.17, 15) is 13.2 Å². The Kier molecular flexibility index (Phi) is 6.86. The molecule has 162 valence electrons. The lowest BCUT2D eigenvalue weighted by molar-refractivity contribution is 0.102. The minimum absolute atomic E-state index is 0.243. The van der Waals surface area contributed by atoms with Crippen LogP contribution in [0.25, 0.3) is 11.3 Å². The summed E-state index contributed by atoms with van der Waals surface area (Å²) in [5.74, 6) is -0.243. The molecular weight excluding hydrogens is 498 g/mol. The molecule has 1 aliphatic heterocycles. The van der Waals surface area contributed by atoms with E-state index in [1.165, 1.54) is 11.3 Å². The normalized spacial score (nSPS) is 15.4. The summed E-state index contributed by atoms with van der Waals surface area (Å²) in [6, 6.07) is 14.0. The van der Waals surface area contributed by atoms with Crippen LogP contribution in [-0.2, 0) is 10.0 Å². The first-order valence-electron chi connectivity index (χ1n) is 10.1. The van der Waals surface area contributed by atoms with Crippen LogP contribution in [-0.4, -0.2) is 36.7 Å². The molecule has 2 heterocycles. The van der Waals surface area contributed by atoms with Crippen LogP contribution >= 0.6 is 27.3 Å². The molecule has 0 bridgehead atoms. The highest BCUT2D eigenvalue weighted by atomic mass is 79.9. The lowest BCUT2D eigenvalue weighted by Gasteiger charge is -2.19. The molecule has 31 heavy (non-hydrogen) atoms. The monoisotopic (exact) mass is 519 g/mol. The Morgan fingerprint density at radius 1 is 1.00 bits per heavy atom. The highest BCUT2D eigenvalue weighted by molar-refractivity contribution is 9.10. The van der Waals surface area contributed by atoms with Gasteiger partial charge in [-0.15, -0.1) is 11.3 Å². The molecule has 0 spiro atoms. The molecule has 2 aromatic carbocycles. The number of aromatic nitrogens is 1. The van der Waals surface area contributed by atoms with Crippen LogP contribution in [0.4, 0.5) is 5.13 Å². The van der Waals surface area contributed by atoms with Gasteiger partial charge in [-0.2, -0.15) is 4.31 Å². The van der Waals surface area contributed by atoms with Crippen molar-refractivity contribution in [2.75, 3.05) is 18.4 Å². The number of halogens is 1. The van der Waals surface area contributed by atoms with Gasteiger partial charge >= 0.3 is 0 Å². The number of anilines is 1. The third-order valence-electron chi connectivity index (χ3n) is 5.20. The molecule has 0 saturated carbocycles. The molecule has 1 fully saturated rings. The van der Waals surface area contributed by atoms with E-state index in [1.54, 1.807) is 40.7 Å². The molecule has 1 saturated heterocycles. The van der Waals surface area contributed by atoms with Crippen LogP contribution in [0.2, 0.25) is 0 Å². The fraction of sp³-hybridized carbons (Fsp3) is 0.273. The van der Waals surface area contributed by atoms with E-state index in [1.807, 2.05) is 17.5 Å². The molecular formula is C22H22BrN3O3S2. The SMILES string of the molecule is O=C(Nc1nc(-c2ccc(S(=O)(=O)N3CCCCCC3)cc2)cs1)c1ccccc1Br. The maximum absolute atomic E-state index is 12.9. The second-order valence-corrected chi connectivity index (χ2v) is 11.0. The second kappa shape index (κ2) is 9.60. The molecule has 1 aromatic heterocycles. The number of thiazole rings is 1. The minimum atomic E-state index is -3.48. The zero-order chi connectivity index (χ0) is 21.8. The van der Waals surface area contributed by atoms with E-state index < -0.39 is 10.0 Å². The summed E-state index contributed by atoms with van der Waals surface area (Å²) in [7, 11) is -3.48. The van der Waals surface area contributed by atoms with Gasteiger partial charge in [-0.3, -0.25) is 10.1 Å². The predicted molar refractivity (Wildman–Crippen MR) is 127 cm³/mol. The Bertz CT molecular complexity index is 1170. The molecule has 0 atom stereocenters. The van der Waals surface area contributed by atoms with Crippen LogP contribution in [0.3, 0.4) is 0 Å². The fourth-order valence-electron chi connectivity index (χ4n) is 3.50. The Hall–Kier alpha value is -2.07. The lowest BCUT2D eigenvalue weighted by Crippen LogP contribution is -2.31. The number of nitrogens with zero attached hydrogens (tertiary/aromatic N) is 2. The summed E-state index contributed by atoms with van der Waals surface area (Å²) in [5, 5.41) is 5.13. The Balaban J connectivity index is 1.48. The average molecular weight is 520 g/mol. The number of amides is 1. The summed E-state index contributed by atoms with van der Waals surface area (Å²) in [6.07, 6.45) is 3.97. The van der Waals surface area contributed by atoms with Gasteiger partial charge in [0.2, 0.25) is 10.0 Å². The van der Waals surface area contributed by atoms with Crippen LogP contribution in [0.15, 0.2) is 63.3 Å². The van der Waals surface area contributed by atoms with E-state index >= 15 is 0 Å². The van der Waals surface area contributed by atoms with Crippen LogP contribution < -0.4 is 5.32 Å². The first kappa shape index (κ1) is 22.1. The van der Waals surface area contributed by atoms with Gasteiger partial charge in [-0.25, -0.2) is 13.4 Å². The third-order valence-corrected chi connectivity index (χ3v) is 8.56. The van der Waals surface area contributed by atoms with E-state index in [0.717, 1.165) is 31.2 Å². The van der Waals surface area contributed by atoms with Crippen molar-refractivity contribution in [2.45, 2.75) is 30.6 Å². The fourth-order valence-corrected chi connectivity index (χ4v) is 6.20. The maximum Gasteiger partial charge on any atom is 0.258 e. The van der Waals surface area contributed by atoms with Gasteiger partial charge in [0, 0.05) is 28.5 Å². The van der Waals surface area contributed by atoms with E-state index in [-0.39, 0.29) is 5.91 Å². The smallest absolute Gasteiger partial charge is 0.258 e. The summed E-state index contributed by atoms with van der Waals surface area (Å²) >= 11 is 4.70. The molecule has 0 aliphatic carbocycles. The summed E-state index contributed by atoms with van der Waals surface area (Å²) < 4.78 is 28.2. The zero-order valence-electron chi connectivity index (χ0n) is 16.8. The minimum Gasteiger partial charge on any atom is -0.298 e. The largest absolute Gasteiger partial charge is 0.298 e. The third kappa shape index (κ3) is 5.06. The van der Waals surface area contributed by atoms with E-state index in [0.29, 0.717) is 38.8 Å². The van der Waals surface area contributed by atoms with Crippen LogP contribution in [0.1, 0.15) is 36.0 Å². The van der Waals surface area contributed by atoms with Crippen LogP contribution in [0.5, 0.6) is 0 Å². The van der Waals surface area contributed by atoms with Crippen molar-refractivity contribution in [2.24, 2.45) is 0 Å². The molecule has 1 N–H and O–H groups in total. The Labute approximate surface area is 194 Å². The molecule has 1 aliphatic rings. The summed E-state index contributed by atoms with van der Waals surface area (Å²) in [6.45, 7) is 1.16. The zero-order valence-corrected chi connectivity index (χ0v) is 20.0. The molecule has 4 rings (SSSR count). The number of carbonyl (C=O) groups excluding carboxylic acids is 1. The maximum atomic E-state index is 12.9. The van der Waals surface area contributed by atoms with Crippen molar-refractivity contribution < 1.29 is 13.2 Å². The van der Waals surface area contributed by atoms with Crippen molar-refractivity contribution in [1.82, 2.24) is 9.29 Å². The average Bonchev–Trinajstić information content (AvgIpc) is 3.05. The van der Waals surface area contributed by atoms with Crippen molar-refractivity contribution in [3.63, 3.8) is 0 Å². The Morgan fingerprint density at radius 3 is 2.35 bits per heavy atom. The molecule has 0 unspecified atom stereocenters. The number of hydrogen-bond acceptors (Lipinski definition) is 5. The number of carbonyl (C=O) groups is 1. The van der Waals surface area contributed by atoms with Crippen molar-refractivity contribution in [3.8, 4) is 11.3 Å². The van der Waals surface area contributed by atoms with E-state index in [4.69, 9.17) is 0 Å². The molecule has 9 heteroatoms. The first-order chi connectivity index (χ1) is 14.9. The van der Waals surface area contributed by atoms with Crippen molar-refractivity contribution in [1.29, 1.82) is 0 Å². The number of nitrogens with one attached hydrogen (secondary N) is 1. The van der Waals surface area contributed by atoms with Gasteiger partial charge in [0.05, 0.1) is 16.2 Å². The van der Waals surface area contributed by atoms with Gasteiger partial charge in [0.15, 0.2) is 5.13 Å². The molecule has 6 nitrogen and oxygen atoms in total. The van der Waals surface area contributed by atoms with E-state index in [2.05, 4.69) is 26.2 Å². The van der Waals surface area contributed by atoms with Gasteiger partial charge in [-0.1, -0.05) is 37.1 Å². The second-order valence-electron chi connectivity index (χ2n) is 7.31. The quantitative estimate of drug-likeness (QED) is 0.489. The highest BCUT2D eigenvalue weighted by Crippen LogP contribution is 2.28. The summed E-state index contributed by atoms with van der Waals surface area (Å²) in [4.78, 5) is 17.2. The predicted octanol–water partition coefficient (Wildman–Crippen LogP) is 5.39. The summed E-state index contributed by atoms with van der Waals surface area (Å²) in [5.41, 5.74) is 2.01. The molecule has 0 radical (unpaired) electrons. The number of hydrogen-bond donors (Lipinski definition) is 1. The van der Waals surface area contributed by atoms with Crippen molar-refractivity contribution >= 4 is 48.3 Å². The van der Waals surface area contributed by atoms with Crippen molar-refractivity contribution in [3.05, 3.63) is 63.9 Å². The highest BCUT2D eigenvalue weighted by Gasteiger charge is 2.25. The lowest BCUT2D eigenvalue weighted by atomic mass is 10.2. The Morgan fingerprint density at radius 2 is 1.68 bits per heavy atom. The standard InChI is InChI=1S/C22H22BrN3O3S2/c23-19-8-4-3-7-18(19)21(27)25-22-24-20(15-30-22)16-9-11-17(12-10-16)31(28,29)26-13-5-1-2-6-14-26/h3-4,7-12,15H,1-2,5-6,13-14H2,(H,24,25,27). The number of rotatable bonds is 5. The number of benzene rings is 2. The van der Waals surface area contributed by atoms with Gasteiger partial charge in [0.1, 0.15) is 0 Å². The topological polar surface area (TPSA) is 79.4 Å². The van der Waals surface area contributed by atoms with Gasteiger partial charge < -0.3 is 0 Å².